The Morgan fingerprint density at radius 2 is 1.66 bits per heavy atom. The Morgan fingerprint density at radius 1 is 1.03 bits per heavy atom. The molecule has 8 nitrogen and oxygen atoms in total. The highest BCUT2D eigenvalue weighted by Crippen LogP contribution is 2.24. The van der Waals surface area contributed by atoms with Crippen molar-refractivity contribution in [3.05, 3.63) is 63.7 Å². The highest BCUT2D eigenvalue weighted by atomic mass is 32.2. The number of amides is 1. The molecule has 1 aliphatic rings. The Hall–Kier alpha value is -2.94. The molecule has 1 N–H and O–H groups in total. The molecule has 1 saturated heterocycles. The number of hydrogen-bond donors (Lipinski definition) is 1. The summed E-state index contributed by atoms with van der Waals surface area (Å²) >= 11 is 0. The Balaban J connectivity index is 1.76. The second-order valence-corrected chi connectivity index (χ2v) is 8.78. The van der Waals surface area contributed by atoms with Crippen LogP contribution in [0.15, 0.2) is 47.4 Å². The quantitative estimate of drug-likeness (QED) is 0.589. The number of carbonyl (C=O) groups is 1. The first-order valence-corrected chi connectivity index (χ1v) is 10.9. The summed E-state index contributed by atoms with van der Waals surface area (Å²) in [5, 5.41) is 11.1. The molecule has 0 saturated carbocycles. The summed E-state index contributed by atoms with van der Waals surface area (Å²) in [6.07, 6.45) is 4.24. The first-order chi connectivity index (χ1) is 13.8. The molecule has 1 aliphatic heterocycles. The fourth-order valence-electron chi connectivity index (χ4n) is 3.30. The SMILES string of the molecule is Cc1ccc(S(=O)(=O)Nc2ccc(C(=O)N3CCCCCC3)cc2)cc1[N+](=O)[O-]. The normalized spacial score (nSPS) is 14.9. The third kappa shape index (κ3) is 4.92. The number of benzene rings is 2. The number of carbonyl (C=O) groups excluding carboxylic acids is 1. The molecular weight excluding hydrogens is 394 g/mol. The van der Waals surface area contributed by atoms with E-state index >= 15 is 0 Å². The van der Waals surface area contributed by atoms with Crippen LogP contribution < -0.4 is 4.72 Å². The van der Waals surface area contributed by atoms with Crippen molar-refractivity contribution in [2.24, 2.45) is 0 Å². The Morgan fingerprint density at radius 3 is 2.24 bits per heavy atom. The molecule has 9 heteroatoms. The monoisotopic (exact) mass is 417 g/mol. The van der Waals surface area contributed by atoms with Crippen LogP contribution in [0.5, 0.6) is 0 Å². The van der Waals surface area contributed by atoms with Gasteiger partial charge in [-0.05, 0) is 50.1 Å². The molecule has 1 amide bonds. The van der Waals surface area contributed by atoms with Crippen LogP contribution in [0.2, 0.25) is 0 Å². The molecule has 0 aromatic heterocycles. The van der Waals surface area contributed by atoms with Crippen LogP contribution in [0.4, 0.5) is 11.4 Å². The van der Waals surface area contributed by atoms with E-state index in [0.717, 1.165) is 44.8 Å². The fourth-order valence-corrected chi connectivity index (χ4v) is 4.38. The molecular formula is C20H23N3O5S. The zero-order valence-corrected chi connectivity index (χ0v) is 16.9. The summed E-state index contributed by atoms with van der Waals surface area (Å²) in [6.45, 7) is 3.01. The fraction of sp³-hybridized carbons (Fsp3) is 0.350. The van der Waals surface area contributed by atoms with Crippen molar-refractivity contribution in [1.82, 2.24) is 4.90 Å². The molecule has 154 valence electrons. The summed E-state index contributed by atoms with van der Waals surface area (Å²) in [6, 6.07) is 9.97. The lowest BCUT2D eigenvalue weighted by molar-refractivity contribution is -0.385. The number of anilines is 1. The van der Waals surface area contributed by atoms with E-state index < -0.39 is 14.9 Å². The van der Waals surface area contributed by atoms with Crippen molar-refractivity contribution < 1.29 is 18.1 Å². The molecule has 2 aromatic rings. The van der Waals surface area contributed by atoms with Gasteiger partial charge in [0.1, 0.15) is 0 Å². The van der Waals surface area contributed by atoms with Crippen LogP contribution in [-0.2, 0) is 10.0 Å². The molecule has 1 heterocycles. The summed E-state index contributed by atoms with van der Waals surface area (Å²) in [7, 11) is -3.99. The topological polar surface area (TPSA) is 110 Å². The van der Waals surface area contributed by atoms with Gasteiger partial charge in [-0.3, -0.25) is 19.6 Å². The van der Waals surface area contributed by atoms with Crippen molar-refractivity contribution in [3.8, 4) is 0 Å². The summed E-state index contributed by atoms with van der Waals surface area (Å²) in [5.74, 6) is -0.0598. The molecule has 0 atom stereocenters. The van der Waals surface area contributed by atoms with E-state index in [1.807, 2.05) is 4.90 Å². The highest BCUT2D eigenvalue weighted by Gasteiger charge is 2.21. The highest BCUT2D eigenvalue weighted by molar-refractivity contribution is 7.92. The lowest BCUT2D eigenvalue weighted by Crippen LogP contribution is -2.31. The van der Waals surface area contributed by atoms with Gasteiger partial charge in [0.15, 0.2) is 0 Å². The second kappa shape index (κ2) is 8.60. The van der Waals surface area contributed by atoms with E-state index in [0.29, 0.717) is 11.1 Å². The first kappa shape index (κ1) is 20.8. The van der Waals surface area contributed by atoms with Crippen LogP contribution in [0, 0.1) is 17.0 Å². The number of hydrogen-bond acceptors (Lipinski definition) is 5. The minimum absolute atomic E-state index is 0.0598. The van der Waals surface area contributed by atoms with Crippen molar-refractivity contribution in [2.45, 2.75) is 37.5 Å². The van der Waals surface area contributed by atoms with E-state index in [1.165, 1.54) is 24.3 Å². The molecule has 0 unspecified atom stereocenters. The molecule has 2 aromatic carbocycles. The van der Waals surface area contributed by atoms with Crippen molar-refractivity contribution >= 4 is 27.3 Å². The number of nitrogens with one attached hydrogen (secondary N) is 1. The van der Waals surface area contributed by atoms with E-state index in [-0.39, 0.29) is 22.2 Å². The summed E-state index contributed by atoms with van der Waals surface area (Å²) in [4.78, 5) is 24.7. The van der Waals surface area contributed by atoms with Crippen molar-refractivity contribution in [1.29, 1.82) is 0 Å². The maximum atomic E-state index is 12.6. The second-order valence-electron chi connectivity index (χ2n) is 7.09. The molecule has 0 spiro atoms. The first-order valence-electron chi connectivity index (χ1n) is 9.45. The van der Waals surface area contributed by atoms with Gasteiger partial charge in [-0.25, -0.2) is 8.42 Å². The van der Waals surface area contributed by atoms with Crippen LogP contribution in [0.1, 0.15) is 41.6 Å². The third-order valence-electron chi connectivity index (χ3n) is 4.96. The minimum atomic E-state index is -3.99. The Bertz CT molecular complexity index is 1010. The lowest BCUT2D eigenvalue weighted by atomic mass is 10.2. The number of likely N-dealkylation sites (tertiary alicyclic amines) is 1. The zero-order valence-electron chi connectivity index (χ0n) is 16.1. The lowest BCUT2D eigenvalue weighted by Gasteiger charge is -2.20. The van der Waals surface area contributed by atoms with Crippen LogP contribution in [0.3, 0.4) is 0 Å². The molecule has 0 bridgehead atoms. The van der Waals surface area contributed by atoms with Crippen molar-refractivity contribution in [3.63, 3.8) is 0 Å². The van der Waals surface area contributed by atoms with Gasteiger partial charge < -0.3 is 4.90 Å². The molecule has 0 radical (unpaired) electrons. The van der Waals surface area contributed by atoms with E-state index in [9.17, 15) is 23.3 Å². The predicted octanol–water partition coefficient (Wildman–Crippen LogP) is 3.72. The number of aryl methyl sites for hydroxylation is 1. The smallest absolute Gasteiger partial charge is 0.273 e. The van der Waals surface area contributed by atoms with Crippen LogP contribution >= 0.6 is 0 Å². The number of nitrogens with zero attached hydrogens (tertiary/aromatic N) is 2. The Labute approximate surface area is 169 Å². The molecule has 29 heavy (non-hydrogen) atoms. The average Bonchev–Trinajstić information content (AvgIpc) is 2.97. The van der Waals surface area contributed by atoms with Gasteiger partial charge in [0, 0.05) is 36.0 Å². The number of nitro groups is 1. The molecule has 3 rings (SSSR count). The van der Waals surface area contributed by atoms with Gasteiger partial charge in [0.05, 0.1) is 9.82 Å². The standard InChI is InChI=1S/C20H23N3O5S/c1-15-6-11-18(14-19(15)23(25)26)29(27,28)21-17-9-7-16(8-10-17)20(24)22-12-4-2-3-5-13-22/h6-11,14,21H,2-5,12-13H2,1H3. The van der Waals surface area contributed by atoms with E-state index in [1.54, 1.807) is 19.1 Å². The van der Waals surface area contributed by atoms with Crippen molar-refractivity contribution in [2.75, 3.05) is 17.8 Å². The Kier molecular flexibility index (Phi) is 6.17. The zero-order chi connectivity index (χ0) is 21.0. The number of rotatable bonds is 5. The summed E-state index contributed by atoms with van der Waals surface area (Å²) < 4.78 is 27.6. The molecule has 0 aliphatic carbocycles. The van der Waals surface area contributed by atoms with Crippen LogP contribution in [0.25, 0.3) is 0 Å². The average molecular weight is 417 g/mol. The predicted molar refractivity (Wildman–Crippen MR) is 109 cm³/mol. The largest absolute Gasteiger partial charge is 0.339 e. The maximum absolute atomic E-state index is 12.6. The number of sulfonamides is 1. The number of nitro benzene ring substituents is 1. The summed E-state index contributed by atoms with van der Waals surface area (Å²) in [5.41, 5.74) is 0.901. The van der Waals surface area contributed by atoms with E-state index in [2.05, 4.69) is 4.72 Å². The maximum Gasteiger partial charge on any atom is 0.273 e. The van der Waals surface area contributed by atoms with Gasteiger partial charge in [-0.1, -0.05) is 18.9 Å². The van der Waals surface area contributed by atoms with Gasteiger partial charge in [0.25, 0.3) is 21.6 Å². The minimum Gasteiger partial charge on any atom is -0.339 e. The molecule has 1 fully saturated rings. The van der Waals surface area contributed by atoms with E-state index in [4.69, 9.17) is 0 Å². The van der Waals surface area contributed by atoms with Gasteiger partial charge in [-0.2, -0.15) is 0 Å². The van der Waals surface area contributed by atoms with Gasteiger partial charge in [0.2, 0.25) is 0 Å². The van der Waals surface area contributed by atoms with Crippen LogP contribution in [-0.4, -0.2) is 37.2 Å². The van der Waals surface area contributed by atoms with Gasteiger partial charge >= 0.3 is 0 Å². The third-order valence-corrected chi connectivity index (χ3v) is 6.34. The van der Waals surface area contributed by atoms with Gasteiger partial charge in [-0.15, -0.1) is 0 Å².